The van der Waals surface area contributed by atoms with E-state index in [-0.39, 0.29) is 0 Å². The molecule has 1 rings (SSSR count). The van der Waals surface area contributed by atoms with E-state index in [9.17, 15) is 4.79 Å². The van der Waals surface area contributed by atoms with Gasteiger partial charge in [-0.15, -0.1) is 0 Å². The average Bonchev–Trinajstić information content (AvgIpc) is 2.27. The van der Waals surface area contributed by atoms with Gasteiger partial charge in [-0.2, -0.15) is 0 Å². The Morgan fingerprint density at radius 2 is 1.80 bits per heavy atom. The topological polar surface area (TPSA) is 17.1 Å². The third-order valence-corrected chi connectivity index (χ3v) is 3.55. The molecule has 0 radical (unpaired) electrons. The fraction of sp³-hybridized carbons (Fsp3) is 0.786. The van der Waals surface area contributed by atoms with Crippen LogP contribution in [-0.2, 0) is 4.79 Å². The number of rotatable bonds is 6. The van der Waals surface area contributed by atoms with Crippen LogP contribution < -0.4 is 0 Å². The van der Waals surface area contributed by atoms with Gasteiger partial charge in [0.15, 0.2) is 5.78 Å². The van der Waals surface area contributed by atoms with Crippen molar-refractivity contribution in [3.8, 4) is 0 Å². The summed E-state index contributed by atoms with van der Waals surface area (Å²) in [6, 6.07) is 0. The van der Waals surface area contributed by atoms with Gasteiger partial charge in [-0.05, 0) is 30.8 Å². The normalized spacial score (nSPS) is 19.5. The van der Waals surface area contributed by atoms with Crippen LogP contribution in [0.5, 0.6) is 0 Å². The zero-order valence-corrected chi connectivity index (χ0v) is 10.2. The molecule has 0 spiro atoms. The molecular weight excluding hydrogens is 184 g/mol. The van der Waals surface area contributed by atoms with Crippen LogP contribution >= 0.6 is 0 Å². The van der Waals surface area contributed by atoms with E-state index in [0.29, 0.717) is 11.2 Å². The molecule has 0 saturated heterocycles. The van der Waals surface area contributed by atoms with Gasteiger partial charge in [0.1, 0.15) is 0 Å². The maximum absolute atomic E-state index is 11.2. The Hall–Kier alpha value is -0.590. The van der Waals surface area contributed by atoms with Gasteiger partial charge in [0.2, 0.25) is 0 Å². The standard InChI is InChI=1S/C14H24O/c1-3-5-9-14(10-6-4-2)11-7-13(15)8-12-14/h7,11H,3-6,8-10,12H2,1-2H3. The van der Waals surface area contributed by atoms with E-state index in [2.05, 4.69) is 19.9 Å². The predicted molar refractivity (Wildman–Crippen MR) is 64.9 cm³/mol. The molecule has 0 fully saturated rings. The molecule has 1 nitrogen and oxygen atoms in total. The van der Waals surface area contributed by atoms with Crippen LogP contribution in [0.2, 0.25) is 0 Å². The van der Waals surface area contributed by atoms with Gasteiger partial charge in [0, 0.05) is 6.42 Å². The third kappa shape index (κ3) is 3.81. The van der Waals surface area contributed by atoms with E-state index in [4.69, 9.17) is 0 Å². The summed E-state index contributed by atoms with van der Waals surface area (Å²) in [6.07, 6.45) is 13.5. The van der Waals surface area contributed by atoms with Gasteiger partial charge in [-0.3, -0.25) is 4.79 Å². The van der Waals surface area contributed by atoms with E-state index in [1.807, 2.05) is 6.08 Å². The molecule has 0 aromatic carbocycles. The van der Waals surface area contributed by atoms with Crippen LogP contribution in [0.15, 0.2) is 12.2 Å². The van der Waals surface area contributed by atoms with Crippen molar-refractivity contribution >= 4 is 5.78 Å². The summed E-state index contributed by atoms with van der Waals surface area (Å²) < 4.78 is 0. The molecule has 0 N–H and O–H groups in total. The molecule has 0 aromatic rings. The summed E-state index contributed by atoms with van der Waals surface area (Å²) in [4.78, 5) is 11.2. The third-order valence-electron chi connectivity index (χ3n) is 3.55. The molecule has 0 atom stereocenters. The molecule has 0 amide bonds. The van der Waals surface area contributed by atoms with Gasteiger partial charge < -0.3 is 0 Å². The van der Waals surface area contributed by atoms with E-state index in [0.717, 1.165) is 12.8 Å². The van der Waals surface area contributed by atoms with E-state index in [1.54, 1.807) is 0 Å². The highest BCUT2D eigenvalue weighted by Crippen LogP contribution is 2.39. The average molecular weight is 208 g/mol. The lowest BCUT2D eigenvalue weighted by Gasteiger charge is -2.33. The number of hydrogen-bond donors (Lipinski definition) is 0. The minimum absolute atomic E-state index is 0.318. The maximum Gasteiger partial charge on any atom is 0.155 e. The smallest absolute Gasteiger partial charge is 0.155 e. The fourth-order valence-electron chi connectivity index (χ4n) is 2.41. The zero-order valence-electron chi connectivity index (χ0n) is 10.2. The van der Waals surface area contributed by atoms with Crippen molar-refractivity contribution in [1.29, 1.82) is 0 Å². The minimum atomic E-state index is 0.318. The Morgan fingerprint density at radius 3 is 2.20 bits per heavy atom. The first-order valence-corrected chi connectivity index (χ1v) is 6.44. The van der Waals surface area contributed by atoms with Crippen LogP contribution in [0.3, 0.4) is 0 Å². The molecule has 86 valence electrons. The second-order valence-corrected chi connectivity index (χ2v) is 4.87. The number of carbonyl (C=O) groups is 1. The van der Waals surface area contributed by atoms with Crippen molar-refractivity contribution in [3.05, 3.63) is 12.2 Å². The zero-order chi connectivity index (χ0) is 11.1. The van der Waals surface area contributed by atoms with E-state index in [1.165, 1.54) is 38.5 Å². The second kappa shape index (κ2) is 6.09. The molecule has 1 aliphatic carbocycles. The molecule has 0 unspecified atom stereocenters. The fourth-order valence-corrected chi connectivity index (χ4v) is 2.41. The summed E-state index contributed by atoms with van der Waals surface area (Å²) in [6.45, 7) is 4.48. The maximum atomic E-state index is 11.2. The molecule has 0 aromatic heterocycles. The molecule has 0 aliphatic heterocycles. The van der Waals surface area contributed by atoms with Crippen LogP contribution in [0.1, 0.15) is 65.2 Å². The van der Waals surface area contributed by atoms with Gasteiger partial charge in [-0.25, -0.2) is 0 Å². The SMILES string of the molecule is CCCCC1(CCCC)C=CC(=O)CC1. The number of ketones is 1. The number of carbonyl (C=O) groups excluding carboxylic acids is 1. The molecular formula is C14H24O. The van der Waals surface area contributed by atoms with Gasteiger partial charge in [0.25, 0.3) is 0 Å². The summed E-state index contributed by atoms with van der Waals surface area (Å²) in [5.41, 5.74) is 0.361. The Morgan fingerprint density at radius 1 is 1.20 bits per heavy atom. The van der Waals surface area contributed by atoms with Crippen LogP contribution in [0, 0.1) is 5.41 Å². The Labute approximate surface area is 93.9 Å². The Balaban J connectivity index is 2.59. The molecule has 0 saturated carbocycles. The summed E-state index contributed by atoms with van der Waals surface area (Å²) in [5.74, 6) is 0.318. The molecule has 1 heteroatoms. The molecule has 1 aliphatic rings. The first-order valence-electron chi connectivity index (χ1n) is 6.44. The lowest BCUT2D eigenvalue weighted by Crippen LogP contribution is -2.23. The van der Waals surface area contributed by atoms with Crippen molar-refractivity contribution in [2.24, 2.45) is 5.41 Å². The minimum Gasteiger partial charge on any atom is -0.295 e. The van der Waals surface area contributed by atoms with Gasteiger partial charge in [0.05, 0.1) is 0 Å². The first kappa shape index (κ1) is 12.5. The highest BCUT2D eigenvalue weighted by Gasteiger charge is 2.29. The summed E-state index contributed by atoms with van der Waals surface area (Å²) >= 11 is 0. The Bertz CT molecular complexity index is 219. The lowest BCUT2D eigenvalue weighted by atomic mass is 9.72. The summed E-state index contributed by atoms with van der Waals surface area (Å²) in [7, 11) is 0. The first-order chi connectivity index (χ1) is 7.22. The van der Waals surface area contributed by atoms with Crippen molar-refractivity contribution < 1.29 is 4.79 Å². The highest BCUT2D eigenvalue weighted by molar-refractivity contribution is 5.90. The number of allylic oxidation sites excluding steroid dienone is 2. The Kier molecular flexibility index (Phi) is 5.07. The van der Waals surface area contributed by atoms with Crippen molar-refractivity contribution in [3.63, 3.8) is 0 Å². The van der Waals surface area contributed by atoms with E-state index < -0.39 is 0 Å². The lowest BCUT2D eigenvalue weighted by molar-refractivity contribution is -0.115. The molecule has 0 bridgehead atoms. The van der Waals surface area contributed by atoms with Crippen molar-refractivity contribution in [1.82, 2.24) is 0 Å². The second-order valence-electron chi connectivity index (χ2n) is 4.87. The number of unbranched alkanes of at least 4 members (excludes halogenated alkanes) is 2. The van der Waals surface area contributed by atoms with Crippen LogP contribution in [0.4, 0.5) is 0 Å². The van der Waals surface area contributed by atoms with Crippen LogP contribution in [-0.4, -0.2) is 5.78 Å². The largest absolute Gasteiger partial charge is 0.295 e. The van der Waals surface area contributed by atoms with Crippen LogP contribution in [0.25, 0.3) is 0 Å². The quantitative estimate of drug-likeness (QED) is 0.637. The van der Waals surface area contributed by atoms with E-state index >= 15 is 0 Å². The predicted octanol–water partition coefficient (Wildman–Crippen LogP) is 4.27. The van der Waals surface area contributed by atoms with Gasteiger partial charge >= 0.3 is 0 Å². The monoisotopic (exact) mass is 208 g/mol. The number of hydrogen-bond acceptors (Lipinski definition) is 1. The van der Waals surface area contributed by atoms with Crippen molar-refractivity contribution in [2.45, 2.75) is 65.2 Å². The molecule has 0 heterocycles. The summed E-state index contributed by atoms with van der Waals surface area (Å²) in [5, 5.41) is 0. The van der Waals surface area contributed by atoms with Crippen molar-refractivity contribution in [2.75, 3.05) is 0 Å². The highest BCUT2D eigenvalue weighted by atomic mass is 16.1. The van der Waals surface area contributed by atoms with Gasteiger partial charge in [-0.1, -0.05) is 45.6 Å². The molecule has 15 heavy (non-hydrogen) atoms.